The molecule has 1 aromatic heterocycles. The van der Waals surface area contributed by atoms with E-state index in [4.69, 9.17) is 0 Å². The van der Waals surface area contributed by atoms with Crippen LogP contribution in [0.2, 0.25) is 0 Å². The van der Waals surface area contributed by atoms with E-state index < -0.39 is 17.9 Å². The highest BCUT2D eigenvalue weighted by Gasteiger charge is 2.22. The highest BCUT2D eigenvalue weighted by Crippen LogP contribution is 2.29. The minimum absolute atomic E-state index is 0.363. The molecule has 0 fully saturated rings. The Kier molecular flexibility index (Phi) is 8.16. The van der Waals surface area contributed by atoms with Gasteiger partial charge in [0.25, 0.3) is 5.91 Å². The molecule has 0 bridgehead atoms. The van der Waals surface area contributed by atoms with Crippen molar-refractivity contribution in [1.82, 2.24) is 15.3 Å². The van der Waals surface area contributed by atoms with Crippen molar-refractivity contribution < 1.29 is 14.7 Å². The van der Waals surface area contributed by atoms with E-state index in [-0.39, 0.29) is 0 Å². The van der Waals surface area contributed by atoms with Crippen LogP contribution < -0.4 is 5.32 Å². The van der Waals surface area contributed by atoms with Crippen LogP contribution in [0, 0.1) is 6.92 Å². The Morgan fingerprint density at radius 3 is 2.47 bits per heavy atom. The third-order valence-corrected chi connectivity index (χ3v) is 5.63. The van der Waals surface area contributed by atoms with Gasteiger partial charge in [-0.15, -0.1) is 0 Å². The largest absolute Gasteiger partial charge is 0.480 e. The van der Waals surface area contributed by atoms with Crippen LogP contribution >= 0.6 is 11.8 Å². The normalized spacial score (nSPS) is 11.9. The summed E-state index contributed by atoms with van der Waals surface area (Å²) in [6.07, 6.45) is 11.0. The number of nitrogens with zero attached hydrogens (tertiary/aromatic N) is 2. The number of benzene rings is 2. The number of carboxylic acid groups (broad SMARTS) is 1. The van der Waals surface area contributed by atoms with E-state index in [1.807, 2.05) is 61.7 Å². The van der Waals surface area contributed by atoms with Crippen LogP contribution in [0.5, 0.6) is 0 Å². The molecule has 0 radical (unpaired) electrons. The van der Waals surface area contributed by atoms with Gasteiger partial charge in [0.05, 0.1) is 0 Å². The van der Waals surface area contributed by atoms with Gasteiger partial charge in [0, 0.05) is 23.5 Å². The number of aliphatic carboxylic acids is 1. The standard InChI is InChI=1S/C25H25N3O3S/c1-17-5-3-4-6-20(17)22-13-18(7-8-19-14-26-16-27-15-19)9-10-21(22)24(29)28-23(25(30)31)11-12-32-2/h3-10,13-16,23H,11-12H2,1-2H3,(H,28,29)(H,30,31). The Labute approximate surface area is 191 Å². The molecule has 164 valence electrons. The van der Waals surface area contributed by atoms with E-state index in [0.29, 0.717) is 17.7 Å². The molecule has 3 rings (SSSR count). The summed E-state index contributed by atoms with van der Waals surface area (Å²) >= 11 is 1.55. The molecule has 2 N–H and O–H groups in total. The minimum Gasteiger partial charge on any atom is -0.480 e. The van der Waals surface area contributed by atoms with Gasteiger partial charge in [-0.1, -0.05) is 42.5 Å². The van der Waals surface area contributed by atoms with E-state index >= 15 is 0 Å². The van der Waals surface area contributed by atoms with E-state index in [9.17, 15) is 14.7 Å². The molecule has 0 aliphatic rings. The molecule has 1 atom stereocenters. The van der Waals surface area contributed by atoms with Crippen molar-refractivity contribution >= 4 is 35.8 Å². The van der Waals surface area contributed by atoms with Gasteiger partial charge in [0.1, 0.15) is 12.4 Å². The highest BCUT2D eigenvalue weighted by molar-refractivity contribution is 7.98. The van der Waals surface area contributed by atoms with E-state index in [0.717, 1.165) is 27.8 Å². The Morgan fingerprint density at radius 1 is 1.06 bits per heavy atom. The van der Waals surface area contributed by atoms with Gasteiger partial charge < -0.3 is 10.4 Å². The second-order valence-corrected chi connectivity index (χ2v) is 8.26. The molecule has 1 unspecified atom stereocenters. The number of nitrogens with one attached hydrogen (secondary N) is 1. The Hall–Kier alpha value is -3.45. The number of aromatic nitrogens is 2. The first-order chi connectivity index (χ1) is 15.5. The number of carbonyl (C=O) groups is 2. The van der Waals surface area contributed by atoms with Crippen molar-refractivity contribution in [3.63, 3.8) is 0 Å². The highest BCUT2D eigenvalue weighted by atomic mass is 32.2. The number of aryl methyl sites for hydroxylation is 1. The van der Waals surface area contributed by atoms with Gasteiger partial charge in [-0.25, -0.2) is 14.8 Å². The number of rotatable bonds is 9. The number of hydrogen-bond donors (Lipinski definition) is 2. The van der Waals surface area contributed by atoms with E-state index in [1.54, 1.807) is 30.2 Å². The first-order valence-corrected chi connectivity index (χ1v) is 11.5. The Balaban J connectivity index is 1.98. The summed E-state index contributed by atoms with van der Waals surface area (Å²) in [7, 11) is 0. The lowest BCUT2D eigenvalue weighted by molar-refractivity contribution is -0.139. The van der Waals surface area contributed by atoms with Crippen molar-refractivity contribution in [2.24, 2.45) is 0 Å². The van der Waals surface area contributed by atoms with Gasteiger partial charge in [0.15, 0.2) is 0 Å². The van der Waals surface area contributed by atoms with Gasteiger partial charge in [-0.3, -0.25) is 4.79 Å². The summed E-state index contributed by atoms with van der Waals surface area (Å²) in [4.78, 5) is 32.7. The SMILES string of the molecule is CSCCC(NC(=O)c1ccc(C=Cc2cncnc2)cc1-c1ccccc1C)C(=O)O. The zero-order valence-corrected chi connectivity index (χ0v) is 18.8. The van der Waals surface area contributed by atoms with Crippen molar-refractivity contribution in [3.8, 4) is 11.1 Å². The Bertz CT molecular complexity index is 1120. The van der Waals surface area contributed by atoms with Crippen LogP contribution in [-0.4, -0.2) is 45.0 Å². The molecule has 32 heavy (non-hydrogen) atoms. The van der Waals surface area contributed by atoms with Crippen molar-refractivity contribution in [2.45, 2.75) is 19.4 Å². The molecular weight excluding hydrogens is 422 g/mol. The molecule has 2 aromatic carbocycles. The van der Waals surface area contributed by atoms with Crippen molar-refractivity contribution in [3.05, 3.63) is 83.4 Å². The van der Waals surface area contributed by atoms with Crippen LogP contribution in [-0.2, 0) is 4.79 Å². The Morgan fingerprint density at radius 2 is 1.78 bits per heavy atom. The molecule has 0 aliphatic carbocycles. The molecule has 1 heterocycles. The molecule has 0 spiro atoms. The van der Waals surface area contributed by atoms with E-state index in [2.05, 4.69) is 15.3 Å². The van der Waals surface area contributed by atoms with Crippen LogP contribution in [0.15, 0.2) is 61.2 Å². The number of carboxylic acids is 1. The molecule has 6 nitrogen and oxygen atoms in total. The number of hydrogen-bond acceptors (Lipinski definition) is 5. The average molecular weight is 448 g/mol. The summed E-state index contributed by atoms with van der Waals surface area (Å²) in [6, 6.07) is 12.4. The van der Waals surface area contributed by atoms with Gasteiger partial charge in [-0.05, 0) is 59.7 Å². The smallest absolute Gasteiger partial charge is 0.326 e. The molecular formula is C25H25N3O3S. The fourth-order valence-electron chi connectivity index (χ4n) is 3.28. The third kappa shape index (κ3) is 6.04. The first-order valence-electron chi connectivity index (χ1n) is 10.2. The quantitative estimate of drug-likeness (QED) is 0.500. The van der Waals surface area contributed by atoms with Gasteiger partial charge >= 0.3 is 5.97 Å². The second kappa shape index (κ2) is 11.2. The molecule has 7 heteroatoms. The van der Waals surface area contributed by atoms with Crippen LogP contribution in [0.4, 0.5) is 0 Å². The fourth-order valence-corrected chi connectivity index (χ4v) is 3.75. The lowest BCUT2D eigenvalue weighted by atomic mass is 9.93. The van der Waals surface area contributed by atoms with Crippen molar-refractivity contribution in [1.29, 1.82) is 0 Å². The monoisotopic (exact) mass is 447 g/mol. The summed E-state index contributed by atoms with van der Waals surface area (Å²) < 4.78 is 0. The maximum absolute atomic E-state index is 13.1. The molecule has 0 saturated carbocycles. The topological polar surface area (TPSA) is 92.2 Å². The zero-order chi connectivity index (χ0) is 22.9. The summed E-state index contributed by atoms with van der Waals surface area (Å²) in [6.45, 7) is 1.99. The summed E-state index contributed by atoms with van der Waals surface area (Å²) in [5, 5.41) is 12.2. The lowest BCUT2D eigenvalue weighted by Crippen LogP contribution is -2.41. The third-order valence-electron chi connectivity index (χ3n) is 4.99. The number of thioether (sulfide) groups is 1. The van der Waals surface area contributed by atoms with Gasteiger partial charge in [-0.2, -0.15) is 11.8 Å². The van der Waals surface area contributed by atoms with E-state index in [1.165, 1.54) is 6.33 Å². The second-order valence-electron chi connectivity index (χ2n) is 7.27. The first kappa shape index (κ1) is 23.2. The molecule has 1 amide bonds. The predicted octanol–water partition coefficient (Wildman–Crippen LogP) is 4.56. The number of amides is 1. The summed E-state index contributed by atoms with van der Waals surface area (Å²) in [5.74, 6) is -0.785. The summed E-state index contributed by atoms with van der Waals surface area (Å²) in [5.41, 5.74) is 4.91. The number of carbonyl (C=O) groups excluding carboxylic acids is 1. The molecule has 0 saturated heterocycles. The fraction of sp³-hybridized carbons (Fsp3) is 0.200. The average Bonchev–Trinajstić information content (AvgIpc) is 2.81. The zero-order valence-electron chi connectivity index (χ0n) is 18.0. The van der Waals surface area contributed by atoms with Crippen LogP contribution in [0.25, 0.3) is 23.3 Å². The van der Waals surface area contributed by atoms with Gasteiger partial charge in [0.2, 0.25) is 0 Å². The minimum atomic E-state index is -1.03. The molecule has 0 aliphatic heterocycles. The van der Waals surface area contributed by atoms with Crippen molar-refractivity contribution in [2.75, 3.05) is 12.0 Å². The maximum Gasteiger partial charge on any atom is 0.326 e. The molecule has 3 aromatic rings. The lowest BCUT2D eigenvalue weighted by Gasteiger charge is -2.17. The van der Waals surface area contributed by atoms with Crippen LogP contribution in [0.1, 0.15) is 33.5 Å². The van der Waals surface area contributed by atoms with Crippen LogP contribution in [0.3, 0.4) is 0 Å². The predicted molar refractivity (Wildman–Crippen MR) is 129 cm³/mol. The maximum atomic E-state index is 13.1.